The highest BCUT2D eigenvalue weighted by molar-refractivity contribution is 5.74. The molecule has 1 N–H and O–H groups in total. The normalized spacial score (nSPS) is 16.6. The van der Waals surface area contributed by atoms with Gasteiger partial charge in [0.1, 0.15) is 6.61 Å². The summed E-state index contributed by atoms with van der Waals surface area (Å²) in [6, 6.07) is 17.9. The number of nitrogens with one attached hydrogen (secondary N) is 1. The van der Waals surface area contributed by atoms with Crippen LogP contribution in [0.1, 0.15) is 18.9 Å². The number of hydrogen-bond acceptors (Lipinski definition) is 3. The molecule has 2 aromatic carbocycles. The molecule has 1 aliphatic heterocycles. The molecule has 0 aliphatic carbocycles. The Morgan fingerprint density at radius 3 is 2.62 bits per heavy atom. The second-order valence-electron chi connectivity index (χ2n) is 6.75. The summed E-state index contributed by atoms with van der Waals surface area (Å²) in [5.41, 5.74) is 1.29. The number of rotatable bonds is 6. The number of urea groups is 1. The van der Waals surface area contributed by atoms with E-state index in [1.807, 2.05) is 49.4 Å². The van der Waals surface area contributed by atoms with Crippen LogP contribution in [0.2, 0.25) is 0 Å². The third-order valence-corrected chi connectivity index (χ3v) is 4.47. The molecule has 0 aromatic heterocycles. The molecule has 26 heavy (non-hydrogen) atoms. The monoisotopic (exact) mass is 354 g/mol. The Morgan fingerprint density at radius 1 is 1.15 bits per heavy atom. The van der Waals surface area contributed by atoms with Crippen LogP contribution in [0.3, 0.4) is 0 Å². The summed E-state index contributed by atoms with van der Waals surface area (Å²) in [5.74, 6) is 1.49. The van der Waals surface area contributed by atoms with Crippen LogP contribution in [0.15, 0.2) is 54.6 Å². The first-order valence-corrected chi connectivity index (χ1v) is 9.06. The second-order valence-corrected chi connectivity index (χ2v) is 6.75. The zero-order valence-electron chi connectivity index (χ0n) is 15.4. The molecule has 0 radical (unpaired) electrons. The number of fused-ring (bicyclic) bond motifs is 1. The number of amides is 2. The van der Waals surface area contributed by atoms with Crippen molar-refractivity contribution < 1.29 is 14.3 Å². The smallest absolute Gasteiger partial charge is 0.317 e. The van der Waals surface area contributed by atoms with Gasteiger partial charge in [-0.15, -0.1) is 0 Å². The van der Waals surface area contributed by atoms with Gasteiger partial charge in [-0.1, -0.05) is 42.5 Å². The lowest BCUT2D eigenvalue weighted by Gasteiger charge is -2.30. The molecule has 2 atom stereocenters. The highest BCUT2D eigenvalue weighted by Gasteiger charge is 2.24. The van der Waals surface area contributed by atoms with Gasteiger partial charge in [0, 0.05) is 13.1 Å². The van der Waals surface area contributed by atoms with Gasteiger partial charge in [-0.25, -0.2) is 4.79 Å². The van der Waals surface area contributed by atoms with Crippen molar-refractivity contribution in [1.82, 2.24) is 10.2 Å². The van der Waals surface area contributed by atoms with Gasteiger partial charge in [-0.2, -0.15) is 0 Å². The van der Waals surface area contributed by atoms with Crippen LogP contribution in [0.5, 0.6) is 11.5 Å². The van der Waals surface area contributed by atoms with Crippen molar-refractivity contribution in [2.75, 3.05) is 20.2 Å². The largest absolute Gasteiger partial charge is 0.486 e. The van der Waals surface area contributed by atoms with Crippen molar-refractivity contribution >= 4 is 6.03 Å². The number of nitrogens with zero attached hydrogens (tertiary/aromatic N) is 1. The highest BCUT2D eigenvalue weighted by atomic mass is 16.6. The van der Waals surface area contributed by atoms with E-state index in [-0.39, 0.29) is 18.2 Å². The fourth-order valence-corrected chi connectivity index (χ4v) is 2.96. The molecule has 138 valence electrons. The standard InChI is InChI=1S/C21H26N2O3/c1-16(12-13-17-8-4-3-5-9-17)22-21(24)23(2)14-18-15-25-19-10-6-7-11-20(19)26-18/h3-11,16,18H,12-15H2,1-2H3,(H,22,24)/t16-,18-/m0/s1. The number of carbonyl (C=O) groups is 1. The number of hydrogen-bond donors (Lipinski definition) is 1. The lowest BCUT2D eigenvalue weighted by molar-refractivity contribution is 0.0712. The van der Waals surface area contributed by atoms with Gasteiger partial charge in [0.05, 0.1) is 6.54 Å². The summed E-state index contributed by atoms with van der Waals surface area (Å²) in [6.45, 7) is 2.95. The van der Waals surface area contributed by atoms with Crippen molar-refractivity contribution in [3.8, 4) is 11.5 Å². The number of benzene rings is 2. The Balaban J connectivity index is 1.43. The minimum absolute atomic E-state index is 0.0898. The Kier molecular flexibility index (Phi) is 6.00. The first-order chi connectivity index (χ1) is 12.6. The molecule has 5 nitrogen and oxygen atoms in total. The molecule has 0 spiro atoms. The highest BCUT2D eigenvalue weighted by Crippen LogP contribution is 2.30. The van der Waals surface area contributed by atoms with Crippen molar-refractivity contribution in [1.29, 1.82) is 0 Å². The summed E-state index contributed by atoms with van der Waals surface area (Å²) in [6.07, 6.45) is 1.68. The zero-order chi connectivity index (χ0) is 18.4. The predicted octanol–water partition coefficient (Wildman–Crippen LogP) is 3.49. The van der Waals surface area contributed by atoms with Crippen LogP contribution in [0.25, 0.3) is 0 Å². The Labute approximate surface area is 154 Å². The van der Waals surface area contributed by atoms with E-state index in [1.165, 1.54) is 5.56 Å². The lowest BCUT2D eigenvalue weighted by Crippen LogP contribution is -2.47. The minimum atomic E-state index is -0.166. The first-order valence-electron chi connectivity index (χ1n) is 9.06. The van der Waals surface area contributed by atoms with Crippen molar-refractivity contribution in [2.24, 2.45) is 0 Å². The van der Waals surface area contributed by atoms with Crippen LogP contribution in [0.4, 0.5) is 4.79 Å². The molecule has 0 saturated heterocycles. The number of aryl methyl sites for hydroxylation is 1. The van der Waals surface area contributed by atoms with Gasteiger partial charge < -0.3 is 19.7 Å². The van der Waals surface area contributed by atoms with Gasteiger partial charge in [0.2, 0.25) is 0 Å². The number of ether oxygens (including phenoxy) is 2. The SMILES string of the molecule is C[C@@H](CCc1ccccc1)NC(=O)N(C)C[C@H]1COc2ccccc2O1. The lowest BCUT2D eigenvalue weighted by atomic mass is 10.1. The van der Waals surface area contributed by atoms with Crippen molar-refractivity contribution in [2.45, 2.75) is 31.9 Å². The fourth-order valence-electron chi connectivity index (χ4n) is 2.96. The van der Waals surface area contributed by atoms with Gasteiger partial charge >= 0.3 is 6.03 Å². The molecule has 0 unspecified atom stereocenters. The summed E-state index contributed by atoms with van der Waals surface area (Å²) >= 11 is 0. The van der Waals surface area contributed by atoms with E-state index in [0.717, 1.165) is 24.3 Å². The number of carbonyl (C=O) groups excluding carboxylic acids is 1. The molecule has 2 aromatic rings. The van der Waals surface area contributed by atoms with Gasteiger partial charge in [-0.3, -0.25) is 0 Å². The van der Waals surface area contributed by atoms with Crippen molar-refractivity contribution in [3.63, 3.8) is 0 Å². The van der Waals surface area contributed by atoms with Crippen LogP contribution < -0.4 is 14.8 Å². The third-order valence-electron chi connectivity index (χ3n) is 4.47. The molecule has 1 heterocycles. The van der Waals surface area contributed by atoms with Crippen LogP contribution in [0, 0.1) is 0 Å². The van der Waals surface area contributed by atoms with E-state index >= 15 is 0 Å². The Morgan fingerprint density at radius 2 is 1.85 bits per heavy atom. The summed E-state index contributed by atoms with van der Waals surface area (Å²) in [4.78, 5) is 14.1. The Bertz CT molecular complexity index is 720. The quantitative estimate of drug-likeness (QED) is 0.864. The van der Waals surface area contributed by atoms with Crippen LogP contribution in [-0.2, 0) is 6.42 Å². The van der Waals surface area contributed by atoms with Crippen molar-refractivity contribution in [3.05, 3.63) is 60.2 Å². The molecular formula is C21H26N2O3. The number of likely N-dealkylation sites (N-methyl/N-ethyl adjacent to an activating group) is 1. The molecular weight excluding hydrogens is 328 g/mol. The maximum Gasteiger partial charge on any atom is 0.317 e. The second kappa shape index (κ2) is 8.61. The van der Waals surface area contributed by atoms with Gasteiger partial charge in [-0.05, 0) is 37.5 Å². The average Bonchev–Trinajstić information content (AvgIpc) is 2.67. The zero-order valence-corrected chi connectivity index (χ0v) is 15.4. The third kappa shape index (κ3) is 4.91. The first kappa shape index (κ1) is 18.1. The summed E-state index contributed by atoms with van der Waals surface area (Å²) in [5, 5.41) is 3.05. The van der Waals surface area contributed by atoms with E-state index in [1.54, 1.807) is 11.9 Å². The molecule has 1 aliphatic rings. The molecule has 0 bridgehead atoms. The molecule has 5 heteroatoms. The fraction of sp³-hybridized carbons (Fsp3) is 0.381. The van der Waals surface area contributed by atoms with E-state index < -0.39 is 0 Å². The topological polar surface area (TPSA) is 50.8 Å². The van der Waals surface area contributed by atoms with E-state index in [4.69, 9.17) is 9.47 Å². The van der Waals surface area contributed by atoms with E-state index in [0.29, 0.717) is 13.2 Å². The molecule has 3 rings (SSSR count). The predicted molar refractivity (Wildman–Crippen MR) is 102 cm³/mol. The molecule has 0 saturated carbocycles. The van der Waals surface area contributed by atoms with Crippen LogP contribution >= 0.6 is 0 Å². The van der Waals surface area contributed by atoms with Crippen LogP contribution in [-0.4, -0.2) is 43.3 Å². The summed E-state index contributed by atoms with van der Waals surface area (Å²) in [7, 11) is 1.78. The van der Waals surface area contributed by atoms with E-state index in [2.05, 4.69) is 17.4 Å². The summed E-state index contributed by atoms with van der Waals surface area (Å²) < 4.78 is 11.6. The van der Waals surface area contributed by atoms with E-state index in [9.17, 15) is 4.79 Å². The molecule has 2 amide bonds. The van der Waals surface area contributed by atoms with Gasteiger partial charge in [0.15, 0.2) is 17.6 Å². The minimum Gasteiger partial charge on any atom is -0.486 e. The average molecular weight is 354 g/mol. The maximum absolute atomic E-state index is 12.4. The number of para-hydroxylation sites is 2. The molecule has 0 fully saturated rings. The maximum atomic E-state index is 12.4. The van der Waals surface area contributed by atoms with Gasteiger partial charge in [0.25, 0.3) is 0 Å². The Hall–Kier alpha value is -2.69.